The molecule has 1 amide bonds. The van der Waals surface area contributed by atoms with Gasteiger partial charge in [0.15, 0.2) is 5.13 Å². The second-order valence-corrected chi connectivity index (χ2v) is 11.8. The van der Waals surface area contributed by atoms with Crippen molar-refractivity contribution in [2.75, 3.05) is 79.7 Å². The molecule has 3 aromatic rings. The van der Waals surface area contributed by atoms with Crippen LogP contribution in [0, 0.1) is 0 Å². The molecule has 13 heteroatoms. The van der Waals surface area contributed by atoms with Gasteiger partial charge in [-0.15, -0.1) is 12.4 Å². The summed E-state index contributed by atoms with van der Waals surface area (Å²) in [6, 6.07) is 11.6. The Kier molecular flexibility index (Phi) is 13.0. The lowest BCUT2D eigenvalue weighted by atomic mass is 10.2. The number of benzene rings is 2. The largest absolute Gasteiger partial charge is 0.497 e. The SMILES string of the molecule is COCCN(CCOC)S(=O)(=O)c1ccc(C(=O)N(CCCN(C)C)c2nc3ccc(OC)cc3s2)cc1.Cl. The highest BCUT2D eigenvalue weighted by atomic mass is 35.5. The number of fused-ring (bicyclic) bond motifs is 1. The Hall–Kier alpha value is -2.32. The smallest absolute Gasteiger partial charge is 0.260 e. The number of rotatable bonds is 15. The van der Waals surface area contributed by atoms with Crippen molar-refractivity contribution >= 4 is 55.0 Å². The molecule has 0 unspecified atom stereocenters. The van der Waals surface area contributed by atoms with Crippen LogP contribution in [-0.4, -0.2) is 103 Å². The molecule has 0 saturated carbocycles. The number of anilines is 1. The van der Waals surface area contributed by atoms with Gasteiger partial charge in [0.1, 0.15) is 5.75 Å². The minimum Gasteiger partial charge on any atom is -0.497 e. The van der Waals surface area contributed by atoms with E-state index in [0.717, 1.165) is 28.9 Å². The zero-order valence-corrected chi connectivity index (χ0v) is 25.4. The van der Waals surface area contributed by atoms with Crippen molar-refractivity contribution < 1.29 is 27.4 Å². The summed E-state index contributed by atoms with van der Waals surface area (Å²) in [5.41, 5.74) is 1.16. The van der Waals surface area contributed by atoms with Crippen molar-refractivity contribution in [1.29, 1.82) is 0 Å². The molecule has 0 aliphatic rings. The van der Waals surface area contributed by atoms with E-state index in [1.165, 1.54) is 42.0 Å². The Balaban J connectivity index is 0.00000533. The number of ether oxygens (including phenoxy) is 3. The number of thiazole rings is 1. The van der Waals surface area contributed by atoms with E-state index < -0.39 is 10.0 Å². The van der Waals surface area contributed by atoms with Gasteiger partial charge in [-0.1, -0.05) is 11.3 Å². The van der Waals surface area contributed by atoms with Gasteiger partial charge < -0.3 is 19.1 Å². The van der Waals surface area contributed by atoms with Crippen molar-refractivity contribution in [3.8, 4) is 5.75 Å². The average Bonchev–Trinajstić information content (AvgIpc) is 3.33. The molecule has 0 spiro atoms. The monoisotopic (exact) mass is 600 g/mol. The van der Waals surface area contributed by atoms with E-state index in [4.69, 9.17) is 19.2 Å². The molecule has 0 saturated heterocycles. The van der Waals surface area contributed by atoms with Crippen LogP contribution in [0.4, 0.5) is 5.13 Å². The number of halogens is 1. The summed E-state index contributed by atoms with van der Waals surface area (Å²) in [6.45, 7) is 2.19. The number of carbonyl (C=O) groups excluding carboxylic acids is 1. The van der Waals surface area contributed by atoms with Gasteiger partial charge in [-0.2, -0.15) is 4.31 Å². The fourth-order valence-electron chi connectivity index (χ4n) is 3.78. The van der Waals surface area contributed by atoms with Gasteiger partial charge in [0, 0.05) is 39.4 Å². The topological polar surface area (TPSA) is 102 Å². The number of sulfonamides is 1. The quantitative estimate of drug-likeness (QED) is 0.261. The van der Waals surface area contributed by atoms with Crippen LogP contribution in [0.2, 0.25) is 0 Å². The first-order valence-electron chi connectivity index (χ1n) is 12.2. The minimum atomic E-state index is -3.79. The third-order valence-electron chi connectivity index (χ3n) is 5.88. The first-order valence-corrected chi connectivity index (χ1v) is 14.5. The van der Waals surface area contributed by atoms with Crippen LogP contribution in [0.1, 0.15) is 16.8 Å². The van der Waals surface area contributed by atoms with Crippen molar-refractivity contribution in [3.63, 3.8) is 0 Å². The van der Waals surface area contributed by atoms with Crippen molar-refractivity contribution in [2.24, 2.45) is 0 Å². The first kappa shape index (κ1) is 32.9. The number of hydrogen-bond acceptors (Lipinski definition) is 9. The van der Waals surface area contributed by atoms with Gasteiger partial charge >= 0.3 is 0 Å². The van der Waals surface area contributed by atoms with Gasteiger partial charge in [0.05, 0.1) is 35.4 Å². The maximum Gasteiger partial charge on any atom is 0.260 e. The fraction of sp³-hybridized carbons (Fsp3) is 0.462. The van der Waals surface area contributed by atoms with E-state index in [-0.39, 0.29) is 49.5 Å². The molecule has 0 fully saturated rings. The van der Waals surface area contributed by atoms with Crippen LogP contribution in [0.25, 0.3) is 10.2 Å². The summed E-state index contributed by atoms with van der Waals surface area (Å²) in [5.74, 6) is 0.481. The molecule has 39 heavy (non-hydrogen) atoms. The van der Waals surface area contributed by atoms with Crippen LogP contribution >= 0.6 is 23.7 Å². The van der Waals surface area contributed by atoms with Crippen LogP contribution in [0.15, 0.2) is 47.4 Å². The van der Waals surface area contributed by atoms with Crippen molar-refractivity contribution in [2.45, 2.75) is 11.3 Å². The van der Waals surface area contributed by atoms with Crippen LogP contribution in [0.5, 0.6) is 5.75 Å². The van der Waals surface area contributed by atoms with Crippen LogP contribution in [0.3, 0.4) is 0 Å². The molecule has 0 aliphatic carbocycles. The van der Waals surface area contributed by atoms with Gasteiger partial charge in [-0.05, 0) is 69.5 Å². The lowest BCUT2D eigenvalue weighted by molar-refractivity contribution is 0.0986. The zero-order chi connectivity index (χ0) is 27.7. The molecule has 1 aromatic heterocycles. The molecular formula is C26H37ClN4O6S2. The zero-order valence-electron chi connectivity index (χ0n) is 23.0. The molecule has 3 rings (SSSR count). The van der Waals surface area contributed by atoms with E-state index >= 15 is 0 Å². The summed E-state index contributed by atoms with van der Waals surface area (Å²) >= 11 is 1.42. The predicted molar refractivity (Wildman–Crippen MR) is 157 cm³/mol. The first-order chi connectivity index (χ1) is 18.2. The normalized spacial score (nSPS) is 11.7. The summed E-state index contributed by atoms with van der Waals surface area (Å²) < 4.78 is 44.2. The van der Waals surface area contributed by atoms with E-state index in [2.05, 4.69) is 4.90 Å². The molecule has 10 nitrogen and oxygen atoms in total. The third kappa shape index (κ3) is 8.58. The van der Waals surface area contributed by atoms with E-state index in [0.29, 0.717) is 17.2 Å². The van der Waals surface area contributed by atoms with Gasteiger partial charge in [-0.3, -0.25) is 9.69 Å². The maximum absolute atomic E-state index is 13.7. The maximum atomic E-state index is 13.7. The number of amides is 1. The van der Waals surface area contributed by atoms with Gasteiger partial charge in [0.2, 0.25) is 10.0 Å². The molecule has 0 atom stereocenters. The van der Waals surface area contributed by atoms with E-state index in [9.17, 15) is 13.2 Å². The average molecular weight is 601 g/mol. The lowest BCUT2D eigenvalue weighted by Gasteiger charge is -2.22. The highest BCUT2D eigenvalue weighted by Gasteiger charge is 2.26. The molecule has 0 bridgehead atoms. The standard InChI is InChI=1S/C26H36N4O6S2.ClH/c1-28(2)13-6-14-30(26-27-23-12-9-21(36-5)19-24(23)37-26)25(31)20-7-10-22(11-8-20)38(32,33)29(15-17-34-3)16-18-35-4;/h7-12,19H,6,13-18H2,1-5H3;1H. The second kappa shape index (κ2) is 15.5. The summed E-state index contributed by atoms with van der Waals surface area (Å²) in [7, 11) is 4.83. The molecule has 2 aromatic carbocycles. The number of aromatic nitrogens is 1. The lowest BCUT2D eigenvalue weighted by Crippen LogP contribution is -2.36. The predicted octanol–water partition coefficient (Wildman–Crippen LogP) is 3.61. The highest BCUT2D eigenvalue weighted by molar-refractivity contribution is 7.89. The van der Waals surface area contributed by atoms with Gasteiger partial charge in [0.25, 0.3) is 5.91 Å². The third-order valence-corrected chi connectivity index (χ3v) is 8.83. The molecular weight excluding hydrogens is 564 g/mol. The molecule has 216 valence electrons. The summed E-state index contributed by atoms with van der Waals surface area (Å²) in [6.07, 6.45) is 0.748. The minimum absolute atomic E-state index is 0. The summed E-state index contributed by atoms with van der Waals surface area (Å²) in [5, 5.41) is 0.582. The van der Waals surface area contributed by atoms with Gasteiger partial charge in [-0.25, -0.2) is 13.4 Å². The molecule has 1 heterocycles. The Morgan fingerprint density at radius 3 is 2.13 bits per heavy atom. The number of hydrogen-bond donors (Lipinski definition) is 0. The van der Waals surface area contributed by atoms with Crippen LogP contribution < -0.4 is 9.64 Å². The van der Waals surface area contributed by atoms with Crippen molar-refractivity contribution in [3.05, 3.63) is 48.0 Å². The Morgan fingerprint density at radius 1 is 0.923 bits per heavy atom. The van der Waals surface area contributed by atoms with E-state index in [1.54, 1.807) is 24.1 Å². The number of methoxy groups -OCH3 is 3. The molecule has 0 aliphatic heterocycles. The number of nitrogens with zero attached hydrogens (tertiary/aromatic N) is 4. The number of carbonyl (C=O) groups is 1. The molecule has 0 radical (unpaired) electrons. The summed E-state index contributed by atoms with van der Waals surface area (Å²) in [4.78, 5) is 22.2. The fourth-order valence-corrected chi connectivity index (χ4v) is 6.20. The van der Waals surface area contributed by atoms with Crippen LogP contribution in [-0.2, 0) is 19.5 Å². The Bertz CT molecular complexity index is 1290. The van der Waals surface area contributed by atoms with Crippen molar-refractivity contribution in [1.82, 2.24) is 14.2 Å². The second-order valence-electron chi connectivity index (χ2n) is 8.86. The molecule has 0 N–H and O–H groups in total. The van der Waals surface area contributed by atoms with E-state index in [1.807, 2.05) is 32.3 Å². The Morgan fingerprint density at radius 2 is 1.56 bits per heavy atom. The Labute approximate surface area is 240 Å². The highest BCUT2D eigenvalue weighted by Crippen LogP contribution is 2.32.